The Bertz CT molecular complexity index is 682. The largest absolute Gasteiger partial charge is 0.384 e. The van der Waals surface area contributed by atoms with Crippen LogP contribution in [0.15, 0.2) is 36.4 Å². The SMILES string of the molecule is O=C(Cc1ccc(F)c(F)c1)c1ccc2c(c1)NCC2. The van der Waals surface area contributed by atoms with Crippen molar-refractivity contribution in [2.24, 2.45) is 0 Å². The van der Waals surface area contributed by atoms with Crippen LogP contribution in [0.2, 0.25) is 0 Å². The molecule has 2 aromatic carbocycles. The van der Waals surface area contributed by atoms with E-state index < -0.39 is 11.6 Å². The van der Waals surface area contributed by atoms with Crippen LogP contribution in [-0.4, -0.2) is 12.3 Å². The molecule has 0 amide bonds. The predicted molar refractivity (Wildman–Crippen MR) is 73.0 cm³/mol. The van der Waals surface area contributed by atoms with Crippen molar-refractivity contribution in [1.82, 2.24) is 0 Å². The Hall–Kier alpha value is -2.23. The van der Waals surface area contributed by atoms with Crippen LogP contribution in [0.25, 0.3) is 0 Å². The molecule has 102 valence electrons. The van der Waals surface area contributed by atoms with Gasteiger partial charge in [0, 0.05) is 24.2 Å². The summed E-state index contributed by atoms with van der Waals surface area (Å²) in [5.41, 5.74) is 3.25. The minimum absolute atomic E-state index is 0.0655. The lowest BCUT2D eigenvalue weighted by Gasteiger charge is -2.05. The third kappa shape index (κ3) is 2.41. The van der Waals surface area contributed by atoms with Crippen molar-refractivity contribution in [2.45, 2.75) is 12.8 Å². The summed E-state index contributed by atoms with van der Waals surface area (Å²) in [4.78, 5) is 12.2. The number of hydrogen-bond acceptors (Lipinski definition) is 2. The Morgan fingerprint density at radius 2 is 1.95 bits per heavy atom. The van der Waals surface area contributed by atoms with Gasteiger partial charge < -0.3 is 5.32 Å². The van der Waals surface area contributed by atoms with Gasteiger partial charge in [-0.1, -0.05) is 18.2 Å². The summed E-state index contributed by atoms with van der Waals surface area (Å²) in [6, 6.07) is 9.09. The predicted octanol–water partition coefficient (Wildman–Crippen LogP) is 3.36. The molecule has 0 unspecified atom stereocenters. The van der Waals surface area contributed by atoms with Crippen LogP contribution < -0.4 is 5.32 Å². The number of benzene rings is 2. The normalized spacial score (nSPS) is 12.9. The highest BCUT2D eigenvalue weighted by Gasteiger charge is 2.14. The number of anilines is 1. The summed E-state index contributed by atoms with van der Waals surface area (Å²) in [5, 5.41) is 3.21. The first-order valence-corrected chi connectivity index (χ1v) is 6.47. The monoisotopic (exact) mass is 273 g/mol. The highest BCUT2D eigenvalue weighted by Crippen LogP contribution is 2.24. The molecule has 0 bridgehead atoms. The smallest absolute Gasteiger partial charge is 0.167 e. The number of fused-ring (bicyclic) bond motifs is 1. The van der Waals surface area contributed by atoms with Gasteiger partial charge in [-0.25, -0.2) is 8.78 Å². The molecule has 0 radical (unpaired) electrons. The van der Waals surface area contributed by atoms with E-state index in [4.69, 9.17) is 0 Å². The molecule has 2 nitrogen and oxygen atoms in total. The first-order valence-electron chi connectivity index (χ1n) is 6.47. The highest BCUT2D eigenvalue weighted by atomic mass is 19.2. The lowest BCUT2D eigenvalue weighted by Crippen LogP contribution is -2.05. The van der Waals surface area contributed by atoms with Crippen LogP contribution in [-0.2, 0) is 12.8 Å². The summed E-state index contributed by atoms with van der Waals surface area (Å²) < 4.78 is 26.0. The molecule has 1 aliphatic heterocycles. The van der Waals surface area contributed by atoms with Gasteiger partial charge in [-0.15, -0.1) is 0 Å². The van der Waals surface area contributed by atoms with E-state index in [0.29, 0.717) is 11.1 Å². The van der Waals surface area contributed by atoms with Crippen LogP contribution in [0.1, 0.15) is 21.5 Å². The average molecular weight is 273 g/mol. The van der Waals surface area contributed by atoms with E-state index in [1.807, 2.05) is 12.1 Å². The van der Waals surface area contributed by atoms with Crippen molar-refractivity contribution in [3.8, 4) is 0 Å². The summed E-state index contributed by atoms with van der Waals surface area (Å²) in [6.45, 7) is 0.885. The number of carbonyl (C=O) groups excluding carboxylic acids is 1. The molecule has 1 heterocycles. The van der Waals surface area contributed by atoms with Crippen molar-refractivity contribution in [2.75, 3.05) is 11.9 Å². The molecule has 0 fully saturated rings. The summed E-state index contributed by atoms with van der Waals surface area (Å²) in [6.07, 6.45) is 1.03. The fourth-order valence-corrected chi connectivity index (χ4v) is 2.40. The van der Waals surface area contributed by atoms with E-state index in [0.717, 1.165) is 30.8 Å². The van der Waals surface area contributed by atoms with Gasteiger partial charge in [0.15, 0.2) is 17.4 Å². The molecule has 1 N–H and O–H groups in total. The molecule has 0 saturated heterocycles. The molecule has 0 saturated carbocycles. The third-order valence-corrected chi connectivity index (χ3v) is 3.49. The fraction of sp³-hybridized carbons (Fsp3) is 0.188. The Labute approximate surface area is 115 Å². The third-order valence-electron chi connectivity index (χ3n) is 3.49. The minimum Gasteiger partial charge on any atom is -0.384 e. The zero-order chi connectivity index (χ0) is 14.1. The summed E-state index contributed by atoms with van der Waals surface area (Å²) >= 11 is 0. The maximum absolute atomic E-state index is 13.1. The fourth-order valence-electron chi connectivity index (χ4n) is 2.40. The molecular formula is C16H13F2NO. The zero-order valence-electron chi connectivity index (χ0n) is 10.7. The van der Waals surface area contributed by atoms with Crippen molar-refractivity contribution < 1.29 is 13.6 Å². The van der Waals surface area contributed by atoms with E-state index in [1.165, 1.54) is 11.6 Å². The van der Waals surface area contributed by atoms with Crippen LogP contribution >= 0.6 is 0 Å². The Morgan fingerprint density at radius 3 is 2.75 bits per heavy atom. The number of rotatable bonds is 3. The lowest BCUT2D eigenvalue weighted by atomic mass is 10.0. The Morgan fingerprint density at radius 1 is 1.10 bits per heavy atom. The first kappa shape index (κ1) is 12.8. The van der Waals surface area contributed by atoms with Crippen LogP contribution in [0.5, 0.6) is 0 Å². The molecule has 0 spiro atoms. The van der Waals surface area contributed by atoms with Crippen LogP contribution in [0.3, 0.4) is 0 Å². The lowest BCUT2D eigenvalue weighted by molar-refractivity contribution is 0.0993. The Balaban J connectivity index is 1.80. The van der Waals surface area contributed by atoms with E-state index in [9.17, 15) is 13.6 Å². The molecule has 1 aliphatic rings. The van der Waals surface area contributed by atoms with Gasteiger partial charge in [0.1, 0.15) is 0 Å². The topological polar surface area (TPSA) is 29.1 Å². The van der Waals surface area contributed by atoms with Crippen molar-refractivity contribution in [3.63, 3.8) is 0 Å². The second-order valence-corrected chi connectivity index (χ2v) is 4.90. The van der Waals surface area contributed by atoms with Gasteiger partial charge in [-0.3, -0.25) is 4.79 Å². The van der Waals surface area contributed by atoms with Gasteiger partial charge in [-0.05, 0) is 35.7 Å². The number of Topliss-reactive ketones (excluding diaryl/α,β-unsaturated/α-hetero) is 1. The first-order chi connectivity index (χ1) is 9.63. The van der Waals surface area contributed by atoms with Gasteiger partial charge in [0.25, 0.3) is 0 Å². The van der Waals surface area contributed by atoms with Crippen LogP contribution in [0.4, 0.5) is 14.5 Å². The van der Waals surface area contributed by atoms with Crippen LogP contribution in [0, 0.1) is 11.6 Å². The number of carbonyl (C=O) groups is 1. The molecule has 3 rings (SSSR count). The van der Waals surface area contributed by atoms with E-state index in [-0.39, 0.29) is 12.2 Å². The van der Waals surface area contributed by atoms with Gasteiger partial charge in [0.2, 0.25) is 0 Å². The molecular weight excluding hydrogens is 260 g/mol. The maximum atomic E-state index is 13.1. The van der Waals surface area contributed by atoms with Gasteiger partial charge in [0.05, 0.1) is 0 Å². The van der Waals surface area contributed by atoms with Crippen molar-refractivity contribution >= 4 is 11.5 Å². The number of halogens is 2. The quantitative estimate of drug-likeness (QED) is 0.869. The molecule has 2 aromatic rings. The second-order valence-electron chi connectivity index (χ2n) is 4.90. The Kier molecular flexibility index (Phi) is 3.22. The van der Waals surface area contributed by atoms with Crippen molar-refractivity contribution in [3.05, 3.63) is 64.7 Å². The molecule has 4 heteroatoms. The standard InChI is InChI=1S/C16H13F2NO/c17-13-4-1-10(7-14(13)18)8-16(20)12-3-2-11-5-6-19-15(11)9-12/h1-4,7,9,19H,5-6,8H2. The minimum atomic E-state index is -0.925. The van der Waals surface area contributed by atoms with Gasteiger partial charge >= 0.3 is 0 Å². The summed E-state index contributed by atoms with van der Waals surface area (Å²) in [7, 11) is 0. The molecule has 0 aliphatic carbocycles. The van der Waals surface area contributed by atoms with Crippen molar-refractivity contribution in [1.29, 1.82) is 0 Å². The van der Waals surface area contributed by atoms with E-state index in [2.05, 4.69) is 5.32 Å². The average Bonchev–Trinajstić information content (AvgIpc) is 2.90. The second kappa shape index (κ2) is 5.04. The number of ketones is 1. The molecule has 20 heavy (non-hydrogen) atoms. The van der Waals surface area contributed by atoms with Gasteiger partial charge in [-0.2, -0.15) is 0 Å². The maximum Gasteiger partial charge on any atom is 0.167 e. The molecule has 0 atom stereocenters. The number of nitrogens with one attached hydrogen (secondary N) is 1. The molecule has 0 aromatic heterocycles. The summed E-state index contributed by atoms with van der Waals surface area (Å²) in [5.74, 6) is -1.93. The van der Waals surface area contributed by atoms with E-state index in [1.54, 1.807) is 6.07 Å². The van der Waals surface area contributed by atoms with E-state index >= 15 is 0 Å². The highest BCUT2D eigenvalue weighted by molar-refractivity contribution is 5.98. The zero-order valence-corrected chi connectivity index (χ0v) is 10.7. The number of hydrogen-bond donors (Lipinski definition) is 1.